The number of hydrogen-bond acceptors (Lipinski definition) is 1. The molecule has 0 saturated heterocycles. The van der Waals surface area contributed by atoms with Crippen LogP contribution in [0.15, 0.2) is 18.2 Å². The van der Waals surface area contributed by atoms with Crippen LogP contribution < -0.4 is 5.32 Å². The second-order valence-electron chi connectivity index (χ2n) is 3.82. The van der Waals surface area contributed by atoms with Crippen molar-refractivity contribution in [3.05, 3.63) is 28.8 Å². The van der Waals surface area contributed by atoms with Crippen molar-refractivity contribution >= 4 is 29.7 Å². The minimum Gasteiger partial charge on any atom is -0.384 e. The van der Waals surface area contributed by atoms with Crippen LogP contribution in [0.25, 0.3) is 0 Å². The Labute approximate surface area is 88.9 Å². The maximum atomic E-state index is 5.95. The zero-order chi connectivity index (χ0) is 8.18. The molecule has 0 radical (unpaired) electrons. The maximum absolute atomic E-state index is 5.95. The highest BCUT2D eigenvalue weighted by Gasteiger charge is 2.48. The number of fused-ring (bicyclic) bond motifs is 2. The standard InChI is InChI=1S/C10H10ClN.ClH/c11-7-1-2-9-8(5-7)10(3-4-10)6-12-9;/h1-2,5,12H,3-4,6H2;1H. The molecule has 1 heterocycles. The molecule has 1 saturated carbocycles. The fraction of sp³-hybridized carbons (Fsp3) is 0.400. The first kappa shape index (κ1) is 9.17. The molecule has 0 aromatic heterocycles. The van der Waals surface area contributed by atoms with Crippen LogP contribution >= 0.6 is 24.0 Å². The lowest BCUT2D eigenvalue weighted by molar-refractivity contribution is 0.778. The Morgan fingerprint density at radius 1 is 1.31 bits per heavy atom. The molecule has 1 N–H and O–H groups in total. The Hall–Kier alpha value is -0.400. The molecule has 1 spiro atoms. The molecule has 13 heavy (non-hydrogen) atoms. The minimum atomic E-state index is 0. The highest BCUT2D eigenvalue weighted by molar-refractivity contribution is 6.30. The van der Waals surface area contributed by atoms with E-state index in [-0.39, 0.29) is 12.4 Å². The topological polar surface area (TPSA) is 12.0 Å². The molecule has 70 valence electrons. The molecule has 1 aromatic rings. The summed E-state index contributed by atoms with van der Waals surface area (Å²) in [5.74, 6) is 0. The van der Waals surface area contributed by atoms with E-state index >= 15 is 0 Å². The van der Waals surface area contributed by atoms with Crippen LogP contribution in [-0.2, 0) is 5.41 Å². The monoisotopic (exact) mass is 215 g/mol. The molecule has 1 nitrogen and oxygen atoms in total. The van der Waals surface area contributed by atoms with Gasteiger partial charge in [-0.3, -0.25) is 0 Å². The van der Waals surface area contributed by atoms with Crippen molar-refractivity contribution in [3.63, 3.8) is 0 Å². The van der Waals surface area contributed by atoms with Gasteiger partial charge in [0.15, 0.2) is 0 Å². The van der Waals surface area contributed by atoms with Crippen LogP contribution in [-0.4, -0.2) is 6.54 Å². The fourth-order valence-electron chi connectivity index (χ4n) is 2.07. The van der Waals surface area contributed by atoms with E-state index in [2.05, 4.69) is 17.4 Å². The van der Waals surface area contributed by atoms with E-state index in [0.29, 0.717) is 5.41 Å². The third-order valence-corrected chi connectivity index (χ3v) is 3.26. The SMILES string of the molecule is Cl.Clc1ccc2c(c1)C1(CC1)CN2. The van der Waals surface area contributed by atoms with Gasteiger partial charge in [-0.1, -0.05) is 11.6 Å². The van der Waals surface area contributed by atoms with E-state index in [9.17, 15) is 0 Å². The van der Waals surface area contributed by atoms with Crippen molar-refractivity contribution in [1.29, 1.82) is 0 Å². The predicted molar refractivity (Wildman–Crippen MR) is 58.1 cm³/mol. The van der Waals surface area contributed by atoms with Crippen LogP contribution in [0, 0.1) is 0 Å². The first-order valence-corrected chi connectivity index (χ1v) is 4.72. The van der Waals surface area contributed by atoms with Gasteiger partial charge in [-0.15, -0.1) is 12.4 Å². The van der Waals surface area contributed by atoms with Gasteiger partial charge in [0, 0.05) is 22.7 Å². The summed E-state index contributed by atoms with van der Waals surface area (Å²) >= 11 is 5.95. The van der Waals surface area contributed by atoms with Crippen LogP contribution in [0.5, 0.6) is 0 Å². The first-order chi connectivity index (χ1) is 5.80. The normalized spacial score (nSPS) is 20.4. The van der Waals surface area contributed by atoms with Gasteiger partial charge in [-0.05, 0) is 36.6 Å². The summed E-state index contributed by atoms with van der Waals surface area (Å²) in [5.41, 5.74) is 3.20. The van der Waals surface area contributed by atoms with Crippen molar-refractivity contribution in [2.45, 2.75) is 18.3 Å². The van der Waals surface area contributed by atoms with E-state index in [1.807, 2.05) is 6.07 Å². The molecule has 0 bridgehead atoms. The Morgan fingerprint density at radius 2 is 2.08 bits per heavy atom. The number of nitrogens with one attached hydrogen (secondary N) is 1. The van der Waals surface area contributed by atoms with Crippen LogP contribution in [0.3, 0.4) is 0 Å². The summed E-state index contributed by atoms with van der Waals surface area (Å²) in [4.78, 5) is 0. The molecule has 3 heteroatoms. The molecule has 1 aliphatic heterocycles. The van der Waals surface area contributed by atoms with Gasteiger partial charge in [-0.2, -0.15) is 0 Å². The molecule has 3 rings (SSSR count). The molecule has 1 aliphatic carbocycles. The molecule has 1 fully saturated rings. The average Bonchev–Trinajstić information content (AvgIpc) is 2.74. The minimum absolute atomic E-state index is 0. The molecular weight excluding hydrogens is 205 g/mol. The van der Waals surface area contributed by atoms with Gasteiger partial charge in [0.2, 0.25) is 0 Å². The summed E-state index contributed by atoms with van der Waals surface area (Å²) in [6.45, 7) is 1.11. The van der Waals surface area contributed by atoms with E-state index in [1.165, 1.54) is 24.1 Å². The van der Waals surface area contributed by atoms with Gasteiger partial charge in [0.25, 0.3) is 0 Å². The second-order valence-corrected chi connectivity index (χ2v) is 4.26. The van der Waals surface area contributed by atoms with E-state index in [1.54, 1.807) is 0 Å². The lowest BCUT2D eigenvalue weighted by Crippen LogP contribution is -2.08. The van der Waals surface area contributed by atoms with Gasteiger partial charge < -0.3 is 5.32 Å². The fourth-order valence-corrected chi connectivity index (χ4v) is 2.24. The highest BCUT2D eigenvalue weighted by atomic mass is 35.5. The largest absolute Gasteiger partial charge is 0.384 e. The van der Waals surface area contributed by atoms with E-state index in [4.69, 9.17) is 11.6 Å². The first-order valence-electron chi connectivity index (χ1n) is 4.34. The van der Waals surface area contributed by atoms with Crippen molar-refractivity contribution in [2.75, 3.05) is 11.9 Å². The van der Waals surface area contributed by atoms with Crippen LogP contribution in [0.1, 0.15) is 18.4 Å². The predicted octanol–water partition coefficient (Wildman–Crippen LogP) is 3.22. The lowest BCUT2D eigenvalue weighted by Gasteiger charge is -2.04. The summed E-state index contributed by atoms with van der Waals surface area (Å²) in [5, 5.41) is 4.29. The number of halogens is 2. The summed E-state index contributed by atoms with van der Waals surface area (Å²) in [6, 6.07) is 6.16. The Balaban J connectivity index is 0.000000653. The molecule has 0 amide bonds. The third-order valence-electron chi connectivity index (χ3n) is 3.02. The molecule has 0 atom stereocenters. The third kappa shape index (κ3) is 1.22. The number of hydrogen-bond donors (Lipinski definition) is 1. The van der Waals surface area contributed by atoms with Crippen LogP contribution in [0.2, 0.25) is 5.02 Å². The highest BCUT2D eigenvalue weighted by Crippen LogP contribution is 2.54. The van der Waals surface area contributed by atoms with Gasteiger partial charge >= 0.3 is 0 Å². The zero-order valence-corrected chi connectivity index (χ0v) is 8.71. The van der Waals surface area contributed by atoms with Crippen molar-refractivity contribution in [1.82, 2.24) is 0 Å². The zero-order valence-electron chi connectivity index (χ0n) is 7.14. The van der Waals surface area contributed by atoms with E-state index < -0.39 is 0 Å². The molecular formula is C10H11Cl2N. The Kier molecular flexibility index (Phi) is 1.97. The van der Waals surface area contributed by atoms with Gasteiger partial charge in [-0.25, -0.2) is 0 Å². The number of benzene rings is 1. The smallest absolute Gasteiger partial charge is 0.0410 e. The number of rotatable bonds is 0. The molecule has 0 unspecified atom stereocenters. The molecule has 1 aromatic carbocycles. The maximum Gasteiger partial charge on any atom is 0.0410 e. The number of anilines is 1. The van der Waals surface area contributed by atoms with Crippen molar-refractivity contribution < 1.29 is 0 Å². The van der Waals surface area contributed by atoms with E-state index in [0.717, 1.165) is 11.6 Å². The summed E-state index contributed by atoms with van der Waals surface area (Å²) in [6.07, 6.45) is 2.65. The Morgan fingerprint density at radius 3 is 2.77 bits per heavy atom. The lowest BCUT2D eigenvalue weighted by atomic mass is 9.99. The van der Waals surface area contributed by atoms with Crippen molar-refractivity contribution in [3.8, 4) is 0 Å². The van der Waals surface area contributed by atoms with Crippen LogP contribution in [0.4, 0.5) is 5.69 Å². The van der Waals surface area contributed by atoms with Gasteiger partial charge in [0.1, 0.15) is 0 Å². The van der Waals surface area contributed by atoms with Crippen molar-refractivity contribution in [2.24, 2.45) is 0 Å². The summed E-state index contributed by atoms with van der Waals surface area (Å²) < 4.78 is 0. The summed E-state index contributed by atoms with van der Waals surface area (Å²) in [7, 11) is 0. The molecule has 2 aliphatic rings. The average molecular weight is 216 g/mol. The Bertz CT molecular complexity index is 345. The van der Waals surface area contributed by atoms with Gasteiger partial charge in [0.05, 0.1) is 0 Å². The second kappa shape index (κ2) is 2.79. The quantitative estimate of drug-likeness (QED) is 0.702.